The molecule has 84 valence electrons. The van der Waals surface area contributed by atoms with Gasteiger partial charge >= 0.3 is 0 Å². The summed E-state index contributed by atoms with van der Waals surface area (Å²) in [5.41, 5.74) is 0.355. The Morgan fingerprint density at radius 2 is 1.67 bits per heavy atom. The average Bonchev–Trinajstić information content (AvgIpc) is 2.14. The van der Waals surface area contributed by atoms with E-state index in [1.807, 2.05) is 26.8 Å². The zero-order valence-corrected chi connectivity index (χ0v) is 10.2. The van der Waals surface area contributed by atoms with Crippen molar-refractivity contribution in [2.75, 3.05) is 0 Å². The van der Waals surface area contributed by atoms with Crippen molar-refractivity contribution in [3.8, 4) is 5.75 Å². The zero-order chi connectivity index (χ0) is 14.4. The lowest BCUT2D eigenvalue weighted by Gasteiger charge is -2.25. The topological polar surface area (TPSA) is 20.2 Å². The Morgan fingerprint density at radius 3 is 2.13 bits per heavy atom. The van der Waals surface area contributed by atoms with Gasteiger partial charge in [0.1, 0.15) is 5.75 Å². The minimum Gasteiger partial charge on any atom is -0.508 e. The molecule has 0 saturated heterocycles. The quantitative estimate of drug-likeness (QED) is 0.685. The lowest BCUT2D eigenvalue weighted by Crippen LogP contribution is -2.16. The maximum atomic E-state index is 9.90. The molecule has 0 aliphatic heterocycles. The number of aromatic hydroxyl groups is 1. The summed E-state index contributed by atoms with van der Waals surface area (Å²) in [6.07, 6.45) is 0. The van der Waals surface area contributed by atoms with E-state index in [2.05, 4.69) is 0 Å². The lowest BCUT2D eigenvalue weighted by molar-refractivity contribution is 0.444. The second kappa shape index (κ2) is 3.55. The van der Waals surface area contributed by atoms with Crippen LogP contribution in [-0.2, 0) is 10.8 Å². The van der Waals surface area contributed by atoms with Crippen molar-refractivity contribution < 1.29 is 9.22 Å². The van der Waals surface area contributed by atoms with E-state index in [1.165, 1.54) is 0 Å². The van der Waals surface area contributed by atoms with Crippen LogP contribution in [0.3, 0.4) is 0 Å². The predicted octanol–water partition coefficient (Wildman–Crippen LogP) is 3.99. The summed E-state index contributed by atoms with van der Waals surface area (Å²) in [6.45, 7) is 7.33. The van der Waals surface area contributed by atoms with E-state index in [4.69, 9.17) is 4.11 Å². The van der Waals surface area contributed by atoms with Crippen LogP contribution in [0.1, 0.15) is 56.7 Å². The van der Waals surface area contributed by atoms with Crippen molar-refractivity contribution in [2.24, 2.45) is 0 Å². The van der Waals surface area contributed by atoms with E-state index < -0.39 is 12.3 Å². The molecule has 0 aromatic heterocycles. The number of phenols is 1. The third kappa shape index (κ3) is 2.74. The standard InChI is InChI=1S/C14H22O/c1-13(2,3)10-7-8-12(15)11(9-10)14(4,5)6/h7-9,15H,1-6H3/i1D3. The molecule has 1 nitrogen and oxygen atoms in total. The summed E-state index contributed by atoms with van der Waals surface area (Å²) >= 11 is 0. The minimum atomic E-state index is -2.07. The van der Waals surface area contributed by atoms with Crippen molar-refractivity contribution in [3.05, 3.63) is 29.3 Å². The molecule has 0 amide bonds. The highest BCUT2D eigenvalue weighted by molar-refractivity contribution is 5.42. The monoisotopic (exact) mass is 209 g/mol. The second-order valence-electron chi connectivity index (χ2n) is 5.61. The van der Waals surface area contributed by atoms with Crippen LogP contribution in [0.4, 0.5) is 0 Å². The fourth-order valence-electron chi connectivity index (χ4n) is 1.53. The SMILES string of the molecule is [2H]C([2H])([2H])C(C)(C)c1ccc(O)c(C(C)(C)C)c1. The molecule has 0 saturated carbocycles. The third-order valence-corrected chi connectivity index (χ3v) is 2.53. The molecule has 0 fully saturated rings. The van der Waals surface area contributed by atoms with Crippen LogP contribution in [0.5, 0.6) is 5.75 Å². The van der Waals surface area contributed by atoms with Gasteiger partial charge < -0.3 is 5.11 Å². The molecule has 0 bridgehead atoms. The molecule has 0 atom stereocenters. The fourth-order valence-corrected chi connectivity index (χ4v) is 1.53. The van der Waals surface area contributed by atoms with Crippen LogP contribution < -0.4 is 0 Å². The van der Waals surface area contributed by atoms with Gasteiger partial charge in [0.15, 0.2) is 0 Å². The molecule has 0 heterocycles. The molecule has 0 unspecified atom stereocenters. The summed E-state index contributed by atoms with van der Waals surface area (Å²) < 4.78 is 22.9. The largest absolute Gasteiger partial charge is 0.508 e. The fraction of sp³-hybridized carbons (Fsp3) is 0.571. The van der Waals surface area contributed by atoms with Gasteiger partial charge in [0, 0.05) is 4.11 Å². The maximum absolute atomic E-state index is 9.90. The molecule has 1 aromatic carbocycles. The predicted molar refractivity (Wildman–Crippen MR) is 65.5 cm³/mol. The number of hydrogen-bond acceptors (Lipinski definition) is 1. The van der Waals surface area contributed by atoms with E-state index in [-0.39, 0.29) is 11.2 Å². The maximum Gasteiger partial charge on any atom is 0.119 e. The van der Waals surface area contributed by atoms with Crippen molar-refractivity contribution >= 4 is 0 Å². The van der Waals surface area contributed by atoms with Crippen molar-refractivity contribution in [1.82, 2.24) is 0 Å². The molecule has 0 aliphatic rings. The first kappa shape index (κ1) is 8.20. The van der Waals surface area contributed by atoms with Gasteiger partial charge in [-0.3, -0.25) is 0 Å². The number of phenolic OH excluding ortho intramolecular Hbond substituents is 1. The second-order valence-corrected chi connectivity index (χ2v) is 5.61. The number of rotatable bonds is 0. The summed E-state index contributed by atoms with van der Waals surface area (Å²) in [6, 6.07) is 5.09. The first-order valence-corrected chi connectivity index (χ1v) is 5.21. The summed E-state index contributed by atoms with van der Waals surface area (Å²) in [7, 11) is 0. The van der Waals surface area contributed by atoms with Crippen LogP contribution in [0.25, 0.3) is 0 Å². The molecule has 0 aliphatic carbocycles. The van der Waals surface area contributed by atoms with Crippen LogP contribution in [-0.4, -0.2) is 5.11 Å². The summed E-state index contributed by atoms with van der Waals surface area (Å²) in [5, 5.41) is 9.90. The minimum absolute atomic E-state index is 0.215. The molecule has 1 heteroatoms. The highest BCUT2D eigenvalue weighted by Crippen LogP contribution is 2.34. The van der Waals surface area contributed by atoms with Gasteiger partial charge in [-0.25, -0.2) is 0 Å². The van der Waals surface area contributed by atoms with Gasteiger partial charge in [-0.05, 0) is 28.0 Å². The van der Waals surface area contributed by atoms with Gasteiger partial charge in [-0.2, -0.15) is 0 Å². The Bertz CT molecular complexity index is 439. The molecule has 15 heavy (non-hydrogen) atoms. The molecule has 1 aromatic rings. The average molecular weight is 209 g/mol. The molecule has 1 N–H and O–H groups in total. The van der Waals surface area contributed by atoms with E-state index in [0.29, 0.717) is 0 Å². The Hall–Kier alpha value is -0.980. The number of benzene rings is 1. The van der Waals surface area contributed by atoms with Crippen LogP contribution in [0.15, 0.2) is 18.2 Å². The van der Waals surface area contributed by atoms with Gasteiger partial charge in [0.2, 0.25) is 0 Å². The van der Waals surface area contributed by atoms with Crippen molar-refractivity contribution in [3.63, 3.8) is 0 Å². The Balaban J connectivity index is 3.38. The normalized spacial score (nSPS) is 16.7. The third-order valence-electron chi connectivity index (χ3n) is 2.53. The van der Waals surface area contributed by atoms with E-state index in [1.54, 1.807) is 26.0 Å². The van der Waals surface area contributed by atoms with Gasteiger partial charge in [-0.15, -0.1) is 0 Å². The highest BCUT2D eigenvalue weighted by Gasteiger charge is 2.21. The van der Waals surface area contributed by atoms with Crippen LogP contribution >= 0.6 is 0 Å². The zero-order valence-electron chi connectivity index (χ0n) is 13.2. The van der Waals surface area contributed by atoms with Crippen molar-refractivity contribution in [2.45, 2.75) is 52.3 Å². The van der Waals surface area contributed by atoms with Gasteiger partial charge in [0.25, 0.3) is 0 Å². The van der Waals surface area contributed by atoms with E-state index in [0.717, 1.165) is 11.1 Å². The first-order chi connectivity index (χ1) is 7.87. The molecule has 1 rings (SSSR count). The molecular formula is C14H22O. The lowest BCUT2D eigenvalue weighted by atomic mass is 9.80. The molecule has 0 spiro atoms. The molecular weight excluding hydrogens is 184 g/mol. The number of hydrogen-bond donors (Lipinski definition) is 1. The Kier molecular flexibility index (Phi) is 1.94. The first-order valence-electron chi connectivity index (χ1n) is 6.71. The summed E-state index contributed by atoms with van der Waals surface area (Å²) in [4.78, 5) is 0. The smallest absolute Gasteiger partial charge is 0.119 e. The Morgan fingerprint density at radius 1 is 1.07 bits per heavy atom. The van der Waals surface area contributed by atoms with Gasteiger partial charge in [-0.1, -0.05) is 53.6 Å². The van der Waals surface area contributed by atoms with Gasteiger partial charge in [0.05, 0.1) is 0 Å². The highest BCUT2D eigenvalue weighted by atomic mass is 16.3. The van der Waals surface area contributed by atoms with E-state index in [9.17, 15) is 5.11 Å². The van der Waals surface area contributed by atoms with Crippen LogP contribution in [0, 0.1) is 0 Å². The van der Waals surface area contributed by atoms with Crippen LogP contribution in [0.2, 0.25) is 0 Å². The Labute approximate surface area is 97.4 Å². The van der Waals surface area contributed by atoms with E-state index >= 15 is 0 Å². The molecule has 0 radical (unpaired) electrons. The summed E-state index contributed by atoms with van der Waals surface area (Å²) in [5.74, 6) is 0.215. The van der Waals surface area contributed by atoms with Crippen molar-refractivity contribution in [1.29, 1.82) is 0 Å².